The fraction of sp³-hybridized carbons (Fsp3) is 0.0952. The number of fused-ring (bicyclic) bond motifs is 1. The number of halogens is 1. The van der Waals surface area contributed by atoms with Gasteiger partial charge in [0.2, 0.25) is 0 Å². The third-order valence-corrected chi connectivity index (χ3v) is 4.09. The fourth-order valence-corrected chi connectivity index (χ4v) is 3.05. The van der Waals surface area contributed by atoms with Crippen LogP contribution in [0.1, 0.15) is 11.1 Å². The van der Waals surface area contributed by atoms with Gasteiger partial charge in [-0.1, -0.05) is 29.3 Å². The second kappa shape index (κ2) is 6.06. The van der Waals surface area contributed by atoms with Crippen LogP contribution in [0.25, 0.3) is 22.2 Å². The third-order valence-electron chi connectivity index (χ3n) is 4.09. The molecule has 0 unspecified atom stereocenters. The van der Waals surface area contributed by atoms with Gasteiger partial charge in [0.05, 0.1) is 11.2 Å². The number of ether oxygens (including phenoxy) is 1. The van der Waals surface area contributed by atoms with Crippen LogP contribution >= 0.6 is 0 Å². The van der Waals surface area contributed by atoms with Crippen LogP contribution in [-0.4, -0.2) is 10.2 Å². The van der Waals surface area contributed by atoms with Crippen LogP contribution < -0.4 is 4.74 Å². The monoisotopic (exact) mass is 332 g/mol. The van der Waals surface area contributed by atoms with Gasteiger partial charge in [0.1, 0.15) is 5.75 Å². The number of H-pyrrole nitrogens is 1. The highest BCUT2D eigenvalue weighted by Crippen LogP contribution is 2.32. The molecule has 3 aromatic carbocycles. The van der Waals surface area contributed by atoms with Crippen molar-refractivity contribution >= 4 is 10.9 Å². The fourth-order valence-electron chi connectivity index (χ4n) is 3.05. The topological polar surface area (TPSA) is 37.9 Å². The molecular formula is C21H17FN2O. The first-order chi connectivity index (χ1) is 12.1. The Balaban J connectivity index is 1.73. The van der Waals surface area contributed by atoms with E-state index in [1.54, 1.807) is 18.2 Å². The summed E-state index contributed by atoms with van der Waals surface area (Å²) < 4.78 is 19.4. The molecule has 0 radical (unpaired) electrons. The highest BCUT2D eigenvalue weighted by Gasteiger charge is 2.11. The number of nitrogens with zero attached hydrogens (tertiary/aromatic N) is 1. The summed E-state index contributed by atoms with van der Waals surface area (Å²) in [6.07, 6.45) is 0. The number of aryl methyl sites for hydroxylation is 2. The van der Waals surface area contributed by atoms with Gasteiger partial charge in [0, 0.05) is 17.0 Å². The SMILES string of the molecule is Cc1cc(C)cc(-c2n[nH]c3cc(Oc4ccccc4F)ccc23)c1. The van der Waals surface area contributed by atoms with Crippen molar-refractivity contribution in [2.45, 2.75) is 13.8 Å². The van der Waals surface area contributed by atoms with Crippen molar-refractivity contribution in [3.63, 3.8) is 0 Å². The average Bonchev–Trinajstić information content (AvgIpc) is 2.99. The molecular weight excluding hydrogens is 315 g/mol. The second-order valence-corrected chi connectivity index (χ2v) is 6.19. The van der Waals surface area contributed by atoms with E-state index in [4.69, 9.17) is 4.74 Å². The van der Waals surface area contributed by atoms with Crippen molar-refractivity contribution in [3.05, 3.63) is 77.6 Å². The molecule has 0 aliphatic rings. The Bertz CT molecular complexity index is 1050. The number of rotatable bonds is 3. The maximum absolute atomic E-state index is 13.7. The van der Waals surface area contributed by atoms with Crippen LogP contribution in [0.2, 0.25) is 0 Å². The summed E-state index contributed by atoms with van der Waals surface area (Å²) in [7, 11) is 0. The van der Waals surface area contributed by atoms with Crippen LogP contribution in [0.3, 0.4) is 0 Å². The number of para-hydroxylation sites is 1. The van der Waals surface area contributed by atoms with E-state index >= 15 is 0 Å². The Morgan fingerprint density at radius 1 is 0.920 bits per heavy atom. The number of hydrogen-bond acceptors (Lipinski definition) is 2. The van der Waals surface area contributed by atoms with Crippen LogP contribution in [-0.2, 0) is 0 Å². The minimum Gasteiger partial charge on any atom is -0.454 e. The van der Waals surface area contributed by atoms with E-state index in [0.29, 0.717) is 5.75 Å². The maximum atomic E-state index is 13.7. The molecule has 0 aliphatic carbocycles. The van der Waals surface area contributed by atoms with Crippen molar-refractivity contribution in [3.8, 4) is 22.8 Å². The van der Waals surface area contributed by atoms with Crippen molar-refractivity contribution in [2.24, 2.45) is 0 Å². The average molecular weight is 332 g/mol. The molecule has 0 saturated carbocycles. The summed E-state index contributed by atoms with van der Waals surface area (Å²) in [6, 6.07) is 18.3. The molecule has 0 bridgehead atoms. The van der Waals surface area contributed by atoms with Crippen molar-refractivity contribution in [1.29, 1.82) is 0 Å². The number of nitrogens with one attached hydrogen (secondary N) is 1. The normalized spacial score (nSPS) is 11.0. The first kappa shape index (κ1) is 15.4. The van der Waals surface area contributed by atoms with Gasteiger partial charge in [-0.2, -0.15) is 5.10 Å². The van der Waals surface area contributed by atoms with Crippen LogP contribution in [0.4, 0.5) is 4.39 Å². The van der Waals surface area contributed by atoms with E-state index in [0.717, 1.165) is 22.2 Å². The summed E-state index contributed by atoms with van der Waals surface area (Å²) in [6.45, 7) is 4.15. The van der Waals surface area contributed by atoms with E-state index < -0.39 is 0 Å². The molecule has 0 amide bonds. The van der Waals surface area contributed by atoms with E-state index in [-0.39, 0.29) is 11.6 Å². The highest BCUT2D eigenvalue weighted by molar-refractivity contribution is 5.93. The standard InChI is InChI=1S/C21H17FN2O/c1-13-9-14(2)11-15(10-13)21-17-8-7-16(12-19(17)23-24-21)25-20-6-4-3-5-18(20)22/h3-12H,1-2H3,(H,23,24). The maximum Gasteiger partial charge on any atom is 0.165 e. The zero-order chi connectivity index (χ0) is 17.4. The molecule has 1 N–H and O–H groups in total. The highest BCUT2D eigenvalue weighted by atomic mass is 19.1. The quantitative estimate of drug-likeness (QED) is 0.516. The molecule has 1 heterocycles. The predicted octanol–water partition coefficient (Wildman–Crippen LogP) is 5.78. The van der Waals surface area contributed by atoms with Crippen LogP contribution in [0.5, 0.6) is 11.5 Å². The number of hydrogen-bond donors (Lipinski definition) is 1. The summed E-state index contributed by atoms with van der Waals surface area (Å²) in [5, 5.41) is 8.51. The molecule has 124 valence electrons. The minimum atomic E-state index is -0.386. The van der Waals surface area contributed by atoms with Gasteiger partial charge in [-0.15, -0.1) is 0 Å². The molecule has 0 spiro atoms. The lowest BCUT2D eigenvalue weighted by atomic mass is 10.0. The van der Waals surface area contributed by atoms with E-state index in [1.165, 1.54) is 17.2 Å². The summed E-state index contributed by atoms with van der Waals surface area (Å²) >= 11 is 0. The Morgan fingerprint density at radius 3 is 2.44 bits per heavy atom. The molecule has 0 atom stereocenters. The lowest BCUT2D eigenvalue weighted by molar-refractivity contribution is 0.443. The molecule has 4 aromatic rings. The molecule has 0 fully saturated rings. The largest absolute Gasteiger partial charge is 0.454 e. The third kappa shape index (κ3) is 2.98. The van der Waals surface area contributed by atoms with Crippen LogP contribution in [0, 0.1) is 19.7 Å². The molecule has 0 saturated heterocycles. The summed E-state index contributed by atoms with van der Waals surface area (Å²) in [5.41, 5.74) is 5.23. The Labute approximate surface area is 145 Å². The smallest absolute Gasteiger partial charge is 0.165 e. The number of benzene rings is 3. The predicted molar refractivity (Wildman–Crippen MR) is 97.5 cm³/mol. The van der Waals surface area contributed by atoms with Gasteiger partial charge in [-0.05, 0) is 50.2 Å². The zero-order valence-corrected chi connectivity index (χ0v) is 14.0. The van der Waals surface area contributed by atoms with Crippen molar-refractivity contribution < 1.29 is 9.13 Å². The molecule has 3 nitrogen and oxygen atoms in total. The van der Waals surface area contributed by atoms with E-state index in [2.05, 4.69) is 42.2 Å². The Morgan fingerprint density at radius 2 is 1.68 bits per heavy atom. The van der Waals surface area contributed by atoms with Crippen LogP contribution in [0.15, 0.2) is 60.7 Å². The summed E-state index contributed by atoms with van der Waals surface area (Å²) in [4.78, 5) is 0. The molecule has 25 heavy (non-hydrogen) atoms. The van der Waals surface area contributed by atoms with E-state index in [1.807, 2.05) is 18.2 Å². The zero-order valence-electron chi connectivity index (χ0n) is 14.0. The Kier molecular flexibility index (Phi) is 3.73. The lowest BCUT2D eigenvalue weighted by Crippen LogP contribution is -1.87. The molecule has 0 aliphatic heterocycles. The van der Waals surface area contributed by atoms with E-state index in [9.17, 15) is 4.39 Å². The van der Waals surface area contributed by atoms with Gasteiger partial charge >= 0.3 is 0 Å². The van der Waals surface area contributed by atoms with Gasteiger partial charge in [-0.25, -0.2) is 4.39 Å². The minimum absolute atomic E-state index is 0.205. The number of aromatic amines is 1. The van der Waals surface area contributed by atoms with Crippen molar-refractivity contribution in [1.82, 2.24) is 10.2 Å². The summed E-state index contributed by atoms with van der Waals surface area (Å²) in [5.74, 6) is 0.382. The lowest BCUT2D eigenvalue weighted by Gasteiger charge is -2.07. The van der Waals surface area contributed by atoms with Gasteiger partial charge in [0.15, 0.2) is 11.6 Å². The molecule has 4 heteroatoms. The first-order valence-electron chi connectivity index (χ1n) is 8.09. The van der Waals surface area contributed by atoms with Crippen molar-refractivity contribution in [2.75, 3.05) is 0 Å². The molecule has 4 rings (SSSR count). The Hall–Kier alpha value is -3.14. The van der Waals surface area contributed by atoms with Gasteiger partial charge in [-0.3, -0.25) is 5.10 Å². The van der Waals surface area contributed by atoms with Gasteiger partial charge in [0.25, 0.3) is 0 Å². The molecule has 1 aromatic heterocycles. The second-order valence-electron chi connectivity index (χ2n) is 6.19. The number of aromatic nitrogens is 2. The van der Waals surface area contributed by atoms with Gasteiger partial charge < -0.3 is 4.74 Å². The first-order valence-corrected chi connectivity index (χ1v) is 8.09.